The number of rotatable bonds is 5. The number of hydrogen-bond donors (Lipinski definition) is 1. The first-order chi connectivity index (χ1) is 9.22. The van der Waals surface area contributed by atoms with Crippen LogP contribution in [0.4, 0.5) is 0 Å². The molecule has 0 spiro atoms. The van der Waals surface area contributed by atoms with Crippen LogP contribution in [-0.4, -0.2) is 29.0 Å². The monoisotopic (exact) mass is 280 g/mol. The van der Waals surface area contributed by atoms with Gasteiger partial charge in [-0.25, -0.2) is 4.98 Å². The second-order valence-corrected chi connectivity index (χ2v) is 4.11. The van der Waals surface area contributed by atoms with Gasteiger partial charge in [-0.3, -0.25) is 4.98 Å². The average molecular weight is 281 g/mol. The number of aliphatic hydroxyl groups excluding tert-OH is 1. The topological polar surface area (TPSA) is 64.5 Å². The zero-order chi connectivity index (χ0) is 13.7. The summed E-state index contributed by atoms with van der Waals surface area (Å²) in [5, 5.41) is 10.4. The fourth-order valence-corrected chi connectivity index (χ4v) is 1.75. The maximum absolute atomic E-state index is 10.2. The van der Waals surface area contributed by atoms with Crippen LogP contribution in [0.5, 0.6) is 5.75 Å². The molecular formula is C13H13ClN2O3. The van der Waals surface area contributed by atoms with Crippen molar-refractivity contribution in [3.05, 3.63) is 53.1 Å². The molecular weight excluding hydrogens is 268 g/mol. The first-order valence-electron chi connectivity index (χ1n) is 5.58. The number of methoxy groups -OCH3 is 1. The van der Waals surface area contributed by atoms with E-state index in [-0.39, 0.29) is 11.9 Å². The molecule has 19 heavy (non-hydrogen) atoms. The van der Waals surface area contributed by atoms with Gasteiger partial charge in [0, 0.05) is 19.5 Å². The van der Waals surface area contributed by atoms with Crippen LogP contribution in [0.1, 0.15) is 17.4 Å². The lowest BCUT2D eigenvalue weighted by molar-refractivity contribution is 0.0511. The van der Waals surface area contributed by atoms with E-state index in [1.807, 2.05) is 0 Å². The van der Waals surface area contributed by atoms with Crippen molar-refractivity contribution in [2.75, 3.05) is 13.9 Å². The van der Waals surface area contributed by atoms with E-state index in [9.17, 15) is 5.11 Å². The van der Waals surface area contributed by atoms with E-state index in [0.717, 1.165) is 0 Å². The zero-order valence-corrected chi connectivity index (χ0v) is 11.0. The molecule has 0 bridgehead atoms. The molecule has 1 unspecified atom stereocenters. The average Bonchev–Trinajstić information content (AvgIpc) is 2.45. The van der Waals surface area contributed by atoms with E-state index in [1.54, 1.807) is 31.4 Å². The van der Waals surface area contributed by atoms with Gasteiger partial charge in [0.25, 0.3) is 0 Å². The van der Waals surface area contributed by atoms with E-state index in [1.165, 1.54) is 12.4 Å². The first kappa shape index (κ1) is 13.7. The Morgan fingerprint density at radius 3 is 2.53 bits per heavy atom. The summed E-state index contributed by atoms with van der Waals surface area (Å²) in [5.74, 6) is 0.656. The number of nitrogens with zero attached hydrogens (tertiary/aromatic N) is 2. The molecule has 0 aliphatic rings. The highest BCUT2D eigenvalue weighted by Gasteiger charge is 2.15. The van der Waals surface area contributed by atoms with Crippen molar-refractivity contribution >= 4 is 11.6 Å². The summed E-state index contributed by atoms with van der Waals surface area (Å²) < 4.78 is 10.1. The summed E-state index contributed by atoms with van der Waals surface area (Å²) in [6, 6.07) is 6.95. The number of aromatic nitrogens is 2. The molecule has 1 aromatic carbocycles. The lowest BCUT2D eigenvalue weighted by Gasteiger charge is -2.12. The van der Waals surface area contributed by atoms with Crippen molar-refractivity contribution < 1.29 is 14.6 Å². The van der Waals surface area contributed by atoms with Crippen LogP contribution in [0.3, 0.4) is 0 Å². The summed E-state index contributed by atoms with van der Waals surface area (Å²) in [5.41, 5.74) is 0.988. The molecule has 0 saturated heterocycles. The molecule has 1 N–H and O–H groups in total. The molecule has 1 heterocycles. The van der Waals surface area contributed by atoms with Crippen LogP contribution in [0, 0.1) is 0 Å². The second kappa shape index (κ2) is 6.47. The Balaban J connectivity index is 2.16. The van der Waals surface area contributed by atoms with E-state index >= 15 is 0 Å². The SMILES string of the molecule is COCOc1ccc(C(O)c2nccnc2Cl)cc1. The Bertz CT molecular complexity index is 534. The molecule has 1 atom stereocenters. The third-order valence-corrected chi connectivity index (χ3v) is 2.77. The van der Waals surface area contributed by atoms with Gasteiger partial charge >= 0.3 is 0 Å². The number of ether oxygens (including phenoxy) is 2. The highest BCUT2D eigenvalue weighted by atomic mass is 35.5. The summed E-state index contributed by atoms with van der Waals surface area (Å²) in [7, 11) is 1.55. The molecule has 0 fully saturated rings. The van der Waals surface area contributed by atoms with Crippen LogP contribution in [-0.2, 0) is 4.74 Å². The minimum absolute atomic E-state index is 0.178. The van der Waals surface area contributed by atoms with Crippen LogP contribution in [0.2, 0.25) is 5.15 Å². The number of aliphatic hydroxyl groups is 1. The zero-order valence-electron chi connectivity index (χ0n) is 10.3. The quantitative estimate of drug-likeness (QED) is 0.851. The predicted octanol–water partition coefficient (Wildman–Crippen LogP) is 2.19. The van der Waals surface area contributed by atoms with Crippen molar-refractivity contribution in [3.8, 4) is 5.75 Å². The van der Waals surface area contributed by atoms with Crippen LogP contribution >= 0.6 is 11.6 Å². The van der Waals surface area contributed by atoms with Gasteiger partial charge < -0.3 is 14.6 Å². The molecule has 0 saturated carbocycles. The number of benzene rings is 1. The smallest absolute Gasteiger partial charge is 0.188 e. The van der Waals surface area contributed by atoms with E-state index < -0.39 is 6.10 Å². The Hall–Kier alpha value is -1.69. The molecule has 0 amide bonds. The summed E-state index contributed by atoms with van der Waals surface area (Å²) >= 11 is 5.89. The molecule has 2 rings (SSSR count). The van der Waals surface area contributed by atoms with Crippen molar-refractivity contribution in [1.82, 2.24) is 9.97 Å². The number of hydrogen-bond acceptors (Lipinski definition) is 5. The standard InChI is InChI=1S/C13H13ClN2O3/c1-18-8-19-10-4-2-9(3-5-10)12(17)11-13(14)16-7-6-15-11/h2-7,12,17H,8H2,1H3. The highest BCUT2D eigenvalue weighted by Crippen LogP contribution is 2.26. The summed E-state index contributed by atoms with van der Waals surface area (Å²) in [4.78, 5) is 7.92. The third kappa shape index (κ3) is 3.41. The molecule has 1 aromatic heterocycles. The van der Waals surface area contributed by atoms with Gasteiger partial charge in [0.1, 0.15) is 17.5 Å². The van der Waals surface area contributed by atoms with Gasteiger partial charge in [-0.05, 0) is 17.7 Å². The minimum Gasteiger partial charge on any atom is -0.468 e. The van der Waals surface area contributed by atoms with Crippen molar-refractivity contribution in [1.29, 1.82) is 0 Å². The largest absolute Gasteiger partial charge is 0.468 e. The lowest BCUT2D eigenvalue weighted by Crippen LogP contribution is -2.04. The normalized spacial score (nSPS) is 12.2. The van der Waals surface area contributed by atoms with Gasteiger partial charge in [-0.15, -0.1) is 0 Å². The predicted molar refractivity (Wildman–Crippen MR) is 70.0 cm³/mol. The Morgan fingerprint density at radius 1 is 1.21 bits per heavy atom. The molecule has 100 valence electrons. The van der Waals surface area contributed by atoms with Gasteiger partial charge in [0.15, 0.2) is 11.9 Å². The maximum Gasteiger partial charge on any atom is 0.188 e. The Morgan fingerprint density at radius 2 is 1.89 bits per heavy atom. The van der Waals surface area contributed by atoms with E-state index in [2.05, 4.69) is 9.97 Å². The third-order valence-electron chi connectivity index (χ3n) is 2.48. The first-order valence-corrected chi connectivity index (χ1v) is 5.96. The van der Waals surface area contributed by atoms with Crippen molar-refractivity contribution in [3.63, 3.8) is 0 Å². The molecule has 0 aliphatic carbocycles. The van der Waals surface area contributed by atoms with Crippen LogP contribution < -0.4 is 4.74 Å². The fraction of sp³-hybridized carbons (Fsp3) is 0.231. The fourth-order valence-electron chi connectivity index (χ4n) is 1.55. The van der Waals surface area contributed by atoms with Gasteiger partial charge in [-0.2, -0.15) is 0 Å². The van der Waals surface area contributed by atoms with Crippen molar-refractivity contribution in [2.24, 2.45) is 0 Å². The maximum atomic E-state index is 10.2. The van der Waals surface area contributed by atoms with Gasteiger partial charge in [-0.1, -0.05) is 23.7 Å². The molecule has 6 heteroatoms. The minimum atomic E-state index is -0.919. The molecule has 5 nitrogen and oxygen atoms in total. The summed E-state index contributed by atoms with van der Waals surface area (Å²) in [6.07, 6.45) is 2.04. The Kier molecular flexibility index (Phi) is 4.68. The molecule has 0 aliphatic heterocycles. The highest BCUT2D eigenvalue weighted by molar-refractivity contribution is 6.30. The van der Waals surface area contributed by atoms with Gasteiger partial charge in [0.2, 0.25) is 0 Å². The van der Waals surface area contributed by atoms with E-state index in [4.69, 9.17) is 21.1 Å². The summed E-state index contributed by atoms with van der Waals surface area (Å²) in [6.45, 7) is 0.178. The van der Waals surface area contributed by atoms with Gasteiger partial charge in [0.05, 0.1) is 0 Å². The van der Waals surface area contributed by atoms with Crippen LogP contribution in [0.15, 0.2) is 36.7 Å². The molecule has 2 aromatic rings. The second-order valence-electron chi connectivity index (χ2n) is 3.75. The Labute approximate surface area is 115 Å². The van der Waals surface area contributed by atoms with Crippen molar-refractivity contribution in [2.45, 2.75) is 6.10 Å². The van der Waals surface area contributed by atoms with E-state index in [0.29, 0.717) is 17.0 Å². The molecule has 0 radical (unpaired) electrons. The van der Waals surface area contributed by atoms with Crippen LogP contribution in [0.25, 0.3) is 0 Å². The lowest BCUT2D eigenvalue weighted by atomic mass is 10.1. The number of halogens is 1.